The molecule has 0 saturated carbocycles. The van der Waals surface area contributed by atoms with Crippen LogP contribution in [0, 0.1) is 0 Å². The van der Waals surface area contributed by atoms with E-state index in [0.717, 1.165) is 71.7 Å². The fraction of sp³-hybridized carbons (Fsp3) is 0. The zero-order valence-corrected chi connectivity index (χ0v) is 29.8. The molecule has 0 atom stereocenters. The van der Waals surface area contributed by atoms with Crippen molar-refractivity contribution >= 4 is 54.5 Å². The summed E-state index contributed by atoms with van der Waals surface area (Å²) in [5.41, 5.74) is 15.0. The maximum absolute atomic E-state index is 6.29. The maximum atomic E-state index is 6.29. The highest BCUT2D eigenvalue weighted by Gasteiger charge is 2.14. The van der Waals surface area contributed by atoms with Gasteiger partial charge in [-0.25, -0.2) is 4.98 Å². The van der Waals surface area contributed by atoms with Crippen molar-refractivity contribution in [3.05, 3.63) is 194 Å². The quantitative estimate of drug-likeness (QED) is 0.168. The molecule has 0 unspecified atom stereocenters. The molecule has 256 valence electrons. The van der Waals surface area contributed by atoms with Crippen LogP contribution in [-0.4, -0.2) is 9.97 Å². The average Bonchev–Trinajstić information content (AvgIpc) is 3.66. The van der Waals surface area contributed by atoms with Gasteiger partial charge in [-0.2, -0.15) is 0 Å². The average molecular weight is 701 g/mol. The van der Waals surface area contributed by atoms with Gasteiger partial charge in [-0.1, -0.05) is 182 Å². The Bertz CT molecular complexity index is 3180. The normalized spacial score (nSPS) is 11.6. The van der Waals surface area contributed by atoms with Crippen LogP contribution < -0.4 is 0 Å². The van der Waals surface area contributed by atoms with E-state index in [9.17, 15) is 0 Å². The molecule has 2 heterocycles. The van der Waals surface area contributed by atoms with E-state index in [0.29, 0.717) is 0 Å². The molecule has 11 rings (SSSR count). The Morgan fingerprint density at radius 3 is 1.27 bits per heavy atom. The number of para-hydroxylation sites is 2. The summed E-state index contributed by atoms with van der Waals surface area (Å²) in [5, 5.41) is 6.96. The lowest BCUT2D eigenvalue weighted by Crippen LogP contribution is -1.92. The maximum Gasteiger partial charge on any atom is 0.143 e. The minimum Gasteiger partial charge on any atom is -0.455 e. The standard InChI is InChI=1S/C52H32N2O/c1-3-11-45-42(8-1)43-9-2-4-12-46(43)51-50(45)53-32-48(54-51)40-30-26-38(27-31-40)36-22-18-34(19-23-36)33-16-20-35(21-17-33)37-24-28-39(29-25-37)41-13-7-14-47-44-10-5-6-15-49(44)55-52(41)47/h1-32H. The number of hydrogen-bond donors (Lipinski definition) is 0. The predicted molar refractivity (Wildman–Crippen MR) is 229 cm³/mol. The number of furan rings is 1. The Morgan fingerprint density at radius 1 is 0.309 bits per heavy atom. The summed E-state index contributed by atoms with van der Waals surface area (Å²) in [6, 6.07) is 66.6. The lowest BCUT2D eigenvalue weighted by Gasteiger charge is -2.11. The molecular formula is C52H32N2O. The van der Waals surface area contributed by atoms with E-state index < -0.39 is 0 Å². The van der Waals surface area contributed by atoms with E-state index in [1.165, 1.54) is 38.6 Å². The molecule has 0 aliphatic heterocycles. The highest BCUT2D eigenvalue weighted by molar-refractivity contribution is 6.23. The summed E-state index contributed by atoms with van der Waals surface area (Å²) >= 11 is 0. The van der Waals surface area contributed by atoms with Gasteiger partial charge in [-0.3, -0.25) is 4.98 Å². The van der Waals surface area contributed by atoms with Crippen LogP contribution in [-0.2, 0) is 0 Å². The molecule has 0 spiro atoms. The molecular weight excluding hydrogens is 669 g/mol. The lowest BCUT2D eigenvalue weighted by molar-refractivity contribution is 0.670. The van der Waals surface area contributed by atoms with E-state index in [1.54, 1.807) is 0 Å². The molecule has 0 fully saturated rings. The molecule has 0 N–H and O–H groups in total. The second kappa shape index (κ2) is 12.6. The fourth-order valence-corrected chi connectivity index (χ4v) is 8.12. The molecule has 0 bridgehead atoms. The molecule has 0 saturated heterocycles. The molecule has 55 heavy (non-hydrogen) atoms. The van der Waals surface area contributed by atoms with Gasteiger partial charge in [-0.05, 0) is 55.8 Å². The largest absolute Gasteiger partial charge is 0.455 e. The summed E-state index contributed by atoms with van der Waals surface area (Å²) < 4.78 is 6.29. The molecule has 3 nitrogen and oxygen atoms in total. The zero-order valence-electron chi connectivity index (χ0n) is 29.8. The predicted octanol–water partition coefficient (Wildman–Crippen LogP) is 14.2. The van der Waals surface area contributed by atoms with E-state index in [-0.39, 0.29) is 0 Å². The first kappa shape index (κ1) is 31.2. The highest BCUT2D eigenvalue weighted by atomic mass is 16.3. The third-order valence-corrected chi connectivity index (χ3v) is 11.0. The molecule has 11 aromatic rings. The summed E-state index contributed by atoms with van der Waals surface area (Å²) in [6.45, 7) is 0. The van der Waals surface area contributed by atoms with Crippen LogP contribution in [0.3, 0.4) is 0 Å². The third kappa shape index (κ3) is 5.28. The SMILES string of the molecule is c1ccc2c(c1)oc1c(-c3ccc(-c4ccc(-c5ccc(-c6ccc(-c7cnc8c9ccccc9c9ccccc9c8n7)cc6)cc5)cc4)cc3)cccc12. The number of hydrogen-bond acceptors (Lipinski definition) is 3. The summed E-state index contributed by atoms with van der Waals surface area (Å²) in [4.78, 5) is 10.1. The number of fused-ring (bicyclic) bond motifs is 9. The summed E-state index contributed by atoms with van der Waals surface area (Å²) in [7, 11) is 0. The van der Waals surface area contributed by atoms with Gasteiger partial charge in [-0.15, -0.1) is 0 Å². The van der Waals surface area contributed by atoms with Crippen molar-refractivity contribution in [3.63, 3.8) is 0 Å². The smallest absolute Gasteiger partial charge is 0.143 e. The van der Waals surface area contributed by atoms with Crippen molar-refractivity contribution in [2.45, 2.75) is 0 Å². The van der Waals surface area contributed by atoms with Crippen molar-refractivity contribution in [3.8, 4) is 55.8 Å². The Hall–Kier alpha value is -7.36. The molecule has 9 aromatic carbocycles. The Balaban J connectivity index is 0.822. The van der Waals surface area contributed by atoms with E-state index in [1.807, 2.05) is 18.3 Å². The lowest BCUT2D eigenvalue weighted by atomic mass is 9.96. The Kier molecular flexibility index (Phi) is 7.17. The van der Waals surface area contributed by atoms with Crippen LogP contribution in [0.25, 0.3) is 110 Å². The Labute approximate surface area is 317 Å². The zero-order chi connectivity index (χ0) is 36.3. The van der Waals surface area contributed by atoms with Crippen molar-refractivity contribution in [1.29, 1.82) is 0 Å². The van der Waals surface area contributed by atoms with Gasteiger partial charge < -0.3 is 4.42 Å². The topological polar surface area (TPSA) is 38.9 Å². The van der Waals surface area contributed by atoms with Crippen molar-refractivity contribution in [2.24, 2.45) is 0 Å². The van der Waals surface area contributed by atoms with E-state index >= 15 is 0 Å². The van der Waals surface area contributed by atoms with Crippen LogP contribution in [0.1, 0.15) is 0 Å². The van der Waals surface area contributed by atoms with E-state index in [4.69, 9.17) is 14.4 Å². The van der Waals surface area contributed by atoms with Crippen LogP contribution >= 0.6 is 0 Å². The van der Waals surface area contributed by atoms with Crippen LogP contribution in [0.2, 0.25) is 0 Å². The first-order valence-corrected chi connectivity index (χ1v) is 18.6. The third-order valence-electron chi connectivity index (χ3n) is 11.0. The van der Waals surface area contributed by atoms with Gasteiger partial charge in [0.1, 0.15) is 11.2 Å². The molecule has 3 heteroatoms. The number of rotatable bonds is 5. The van der Waals surface area contributed by atoms with Gasteiger partial charge >= 0.3 is 0 Å². The first-order chi connectivity index (χ1) is 27.2. The molecule has 0 amide bonds. The van der Waals surface area contributed by atoms with Gasteiger partial charge in [0.25, 0.3) is 0 Å². The van der Waals surface area contributed by atoms with Crippen LogP contribution in [0.15, 0.2) is 199 Å². The second-order valence-corrected chi connectivity index (χ2v) is 14.1. The number of aromatic nitrogens is 2. The summed E-state index contributed by atoms with van der Waals surface area (Å²) in [5.74, 6) is 0. The van der Waals surface area contributed by atoms with Gasteiger partial charge in [0.05, 0.1) is 22.9 Å². The van der Waals surface area contributed by atoms with Gasteiger partial charge in [0.2, 0.25) is 0 Å². The minimum atomic E-state index is 0.870. The number of nitrogens with zero attached hydrogens (tertiary/aromatic N) is 2. The number of benzene rings is 9. The fourth-order valence-electron chi connectivity index (χ4n) is 8.12. The second-order valence-electron chi connectivity index (χ2n) is 14.1. The van der Waals surface area contributed by atoms with Crippen molar-refractivity contribution in [2.75, 3.05) is 0 Å². The molecule has 0 aliphatic rings. The van der Waals surface area contributed by atoms with Gasteiger partial charge in [0, 0.05) is 32.7 Å². The van der Waals surface area contributed by atoms with Gasteiger partial charge in [0.15, 0.2) is 0 Å². The van der Waals surface area contributed by atoms with Crippen molar-refractivity contribution < 1.29 is 4.42 Å². The minimum absolute atomic E-state index is 0.870. The monoisotopic (exact) mass is 700 g/mol. The molecule has 0 aliphatic carbocycles. The van der Waals surface area contributed by atoms with Crippen molar-refractivity contribution in [1.82, 2.24) is 9.97 Å². The first-order valence-electron chi connectivity index (χ1n) is 18.6. The van der Waals surface area contributed by atoms with Crippen LogP contribution in [0.5, 0.6) is 0 Å². The molecule has 2 aromatic heterocycles. The highest BCUT2D eigenvalue weighted by Crippen LogP contribution is 2.38. The summed E-state index contributed by atoms with van der Waals surface area (Å²) in [6.07, 6.45) is 1.90. The Morgan fingerprint density at radius 2 is 0.727 bits per heavy atom. The molecule has 0 radical (unpaired) electrons. The van der Waals surface area contributed by atoms with Crippen LogP contribution in [0.4, 0.5) is 0 Å². The van der Waals surface area contributed by atoms with E-state index in [2.05, 4.69) is 176 Å².